The SMILES string of the molecule is COc1ccc(-c2nc3ccc(C(=O)N4CCOCC4)cc3nc2-c2ccc(OC)cc2)cc1. The maximum absolute atomic E-state index is 13.0. The van der Waals surface area contributed by atoms with Crippen LogP contribution >= 0.6 is 0 Å². The fourth-order valence-corrected chi connectivity index (χ4v) is 4.04. The average Bonchev–Trinajstić information content (AvgIpc) is 2.92. The van der Waals surface area contributed by atoms with Gasteiger partial charge in [0, 0.05) is 29.8 Å². The minimum Gasteiger partial charge on any atom is -0.497 e. The molecule has 3 aromatic carbocycles. The molecule has 0 bridgehead atoms. The van der Waals surface area contributed by atoms with Crippen molar-refractivity contribution in [1.29, 1.82) is 0 Å². The summed E-state index contributed by atoms with van der Waals surface area (Å²) < 4.78 is 16.0. The first-order chi connectivity index (χ1) is 16.7. The molecule has 34 heavy (non-hydrogen) atoms. The van der Waals surface area contributed by atoms with Gasteiger partial charge >= 0.3 is 0 Å². The lowest BCUT2D eigenvalue weighted by Crippen LogP contribution is -2.40. The molecule has 7 heteroatoms. The number of aromatic nitrogens is 2. The molecule has 4 aromatic rings. The van der Waals surface area contributed by atoms with Crippen molar-refractivity contribution in [2.24, 2.45) is 0 Å². The maximum Gasteiger partial charge on any atom is 0.254 e. The van der Waals surface area contributed by atoms with Crippen LogP contribution in [0.15, 0.2) is 66.7 Å². The number of fused-ring (bicyclic) bond motifs is 1. The Morgan fingerprint density at radius 2 is 1.29 bits per heavy atom. The van der Waals surface area contributed by atoms with Gasteiger partial charge in [0.25, 0.3) is 5.91 Å². The van der Waals surface area contributed by atoms with E-state index in [-0.39, 0.29) is 5.91 Å². The molecule has 0 unspecified atom stereocenters. The predicted octanol–water partition coefficient (Wildman–Crippen LogP) is 4.45. The number of carbonyl (C=O) groups is 1. The van der Waals surface area contributed by atoms with Gasteiger partial charge in [-0.3, -0.25) is 4.79 Å². The van der Waals surface area contributed by atoms with E-state index in [1.807, 2.05) is 71.6 Å². The zero-order valence-electron chi connectivity index (χ0n) is 19.2. The van der Waals surface area contributed by atoms with Gasteiger partial charge in [0.1, 0.15) is 11.5 Å². The highest BCUT2D eigenvalue weighted by Crippen LogP contribution is 2.33. The number of ether oxygens (including phenoxy) is 3. The normalized spacial score (nSPS) is 13.6. The van der Waals surface area contributed by atoms with Gasteiger partial charge in [-0.25, -0.2) is 9.97 Å². The number of hydrogen-bond donors (Lipinski definition) is 0. The zero-order chi connectivity index (χ0) is 23.5. The summed E-state index contributed by atoms with van der Waals surface area (Å²) in [6, 6.07) is 21.0. The second-order valence-electron chi connectivity index (χ2n) is 7.99. The van der Waals surface area contributed by atoms with Crippen LogP contribution in [-0.4, -0.2) is 61.3 Å². The maximum atomic E-state index is 13.0. The van der Waals surface area contributed by atoms with Crippen LogP contribution in [0.3, 0.4) is 0 Å². The molecule has 5 rings (SSSR count). The van der Waals surface area contributed by atoms with Crippen molar-refractivity contribution in [3.8, 4) is 34.0 Å². The highest BCUT2D eigenvalue weighted by atomic mass is 16.5. The van der Waals surface area contributed by atoms with Crippen LogP contribution in [0.4, 0.5) is 0 Å². The molecule has 1 aliphatic rings. The Labute approximate surface area is 197 Å². The Morgan fingerprint density at radius 1 is 0.765 bits per heavy atom. The number of methoxy groups -OCH3 is 2. The van der Waals surface area contributed by atoms with Gasteiger partial charge in [-0.15, -0.1) is 0 Å². The van der Waals surface area contributed by atoms with E-state index in [0.29, 0.717) is 37.4 Å². The standard InChI is InChI=1S/C27H25N3O4/c1-32-21-8-3-18(4-9-21)25-26(19-5-10-22(33-2)11-6-19)29-24-17-20(7-12-23(24)28-25)27(31)30-13-15-34-16-14-30/h3-12,17H,13-16H2,1-2H3. The van der Waals surface area contributed by atoms with E-state index in [9.17, 15) is 4.79 Å². The minimum atomic E-state index is -0.0165. The Bertz CT molecular complexity index is 1310. The highest BCUT2D eigenvalue weighted by Gasteiger charge is 2.20. The van der Waals surface area contributed by atoms with E-state index < -0.39 is 0 Å². The molecule has 1 fully saturated rings. The lowest BCUT2D eigenvalue weighted by Gasteiger charge is -2.26. The quantitative estimate of drug-likeness (QED) is 0.443. The summed E-state index contributed by atoms with van der Waals surface area (Å²) in [5.74, 6) is 1.52. The molecular weight excluding hydrogens is 430 g/mol. The van der Waals surface area contributed by atoms with Crippen LogP contribution in [0, 0.1) is 0 Å². The first-order valence-electron chi connectivity index (χ1n) is 11.1. The number of nitrogens with zero attached hydrogens (tertiary/aromatic N) is 3. The third kappa shape index (κ3) is 4.30. The average molecular weight is 456 g/mol. The van der Waals surface area contributed by atoms with Crippen molar-refractivity contribution in [2.75, 3.05) is 40.5 Å². The summed E-state index contributed by atoms with van der Waals surface area (Å²) in [6.45, 7) is 2.31. The topological polar surface area (TPSA) is 73.8 Å². The molecule has 1 aromatic heterocycles. The summed E-state index contributed by atoms with van der Waals surface area (Å²) in [7, 11) is 3.28. The number of rotatable bonds is 5. The molecule has 0 saturated carbocycles. The molecule has 0 radical (unpaired) electrons. The van der Waals surface area contributed by atoms with Gasteiger partial charge in [-0.05, 0) is 66.7 Å². The summed E-state index contributed by atoms with van der Waals surface area (Å²) in [6.07, 6.45) is 0. The molecule has 0 N–H and O–H groups in total. The molecule has 1 aliphatic heterocycles. The lowest BCUT2D eigenvalue weighted by atomic mass is 10.0. The van der Waals surface area contributed by atoms with Gasteiger partial charge in [0.05, 0.1) is 49.9 Å². The summed E-state index contributed by atoms with van der Waals surface area (Å²) >= 11 is 0. The van der Waals surface area contributed by atoms with Crippen LogP contribution in [0.25, 0.3) is 33.5 Å². The second kappa shape index (κ2) is 9.49. The Morgan fingerprint density at radius 3 is 1.82 bits per heavy atom. The van der Waals surface area contributed by atoms with E-state index in [1.54, 1.807) is 14.2 Å². The third-order valence-corrected chi connectivity index (χ3v) is 5.94. The fraction of sp³-hybridized carbons (Fsp3) is 0.222. The third-order valence-electron chi connectivity index (χ3n) is 5.94. The molecule has 7 nitrogen and oxygen atoms in total. The van der Waals surface area contributed by atoms with Crippen LogP contribution in [-0.2, 0) is 4.74 Å². The van der Waals surface area contributed by atoms with Crippen molar-refractivity contribution < 1.29 is 19.0 Å². The Balaban J connectivity index is 1.62. The molecule has 1 amide bonds. The van der Waals surface area contributed by atoms with Gasteiger partial charge < -0.3 is 19.1 Å². The van der Waals surface area contributed by atoms with Crippen molar-refractivity contribution in [3.63, 3.8) is 0 Å². The first-order valence-corrected chi connectivity index (χ1v) is 11.1. The number of morpholine rings is 1. The highest BCUT2D eigenvalue weighted by molar-refractivity contribution is 5.98. The van der Waals surface area contributed by atoms with Crippen molar-refractivity contribution >= 4 is 16.9 Å². The van der Waals surface area contributed by atoms with E-state index in [2.05, 4.69) is 0 Å². The van der Waals surface area contributed by atoms with E-state index in [0.717, 1.165) is 39.5 Å². The summed E-state index contributed by atoms with van der Waals surface area (Å²) in [4.78, 5) is 24.8. The fourth-order valence-electron chi connectivity index (χ4n) is 4.04. The Kier molecular flexibility index (Phi) is 6.10. The monoisotopic (exact) mass is 455 g/mol. The van der Waals surface area contributed by atoms with Gasteiger partial charge in [0.15, 0.2) is 0 Å². The number of benzene rings is 3. The summed E-state index contributed by atoms with van der Waals surface area (Å²) in [5.41, 5.74) is 5.31. The molecule has 1 saturated heterocycles. The van der Waals surface area contributed by atoms with Crippen molar-refractivity contribution in [1.82, 2.24) is 14.9 Å². The van der Waals surface area contributed by atoms with E-state index in [4.69, 9.17) is 24.2 Å². The summed E-state index contributed by atoms with van der Waals surface area (Å²) in [5, 5.41) is 0. The second-order valence-corrected chi connectivity index (χ2v) is 7.99. The van der Waals surface area contributed by atoms with Gasteiger partial charge in [0.2, 0.25) is 0 Å². The zero-order valence-corrected chi connectivity index (χ0v) is 19.2. The van der Waals surface area contributed by atoms with Crippen LogP contribution in [0.2, 0.25) is 0 Å². The number of amides is 1. The molecular formula is C27H25N3O4. The number of hydrogen-bond acceptors (Lipinski definition) is 6. The number of carbonyl (C=O) groups excluding carboxylic acids is 1. The van der Waals surface area contributed by atoms with Crippen LogP contribution in [0.1, 0.15) is 10.4 Å². The van der Waals surface area contributed by atoms with E-state index >= 15 is 0 Å². The first kappa shape index (κ1) is 21.9. The van der Waals surface area contributed by atoms with Crippen LogP contribution in [0.5, 0.6) is 11.5 Å². The predicted molar refractivity (Wildman–Crippen MR) is 130 cm³/mol. The Hall–Kier alpha value is -3.97. The molecule has 172 valence electrons. The molecule has 2 heterocycles. The lowest BCUT2D eigenvalue weighted by molar-refractivity contribution is 0.0303. The van der Waals surface area contributed by atoms with Crippen molar-refractivity contribution in [3.05, 3.63) is 72.3 Å². The smallest absolute Gasteiger partial charge is 0.254 e. The van der Waals surface area contributed by atoms with E-state index in [1.165, 1.54) is 0 Å². The molecule has 0 spiro atoms. The minimum absolute atomic E-state index is 0.0165. The van der Waals surface area contributed by atoms with Gasteiger partial charge in [-0.1, -0.05) is 0 Å². The van der Waals surface area contributed by atoms with Crippen LogP contribution < -0.4 is 9.47 Å². The largest absolute Gasteiger partial charge is 0.497 e. The molecule has 0 atom stereocenters. The molecule has 0 aliphatic carbocycles. The van der Waals surface area contributed by atoms with Crippen molar-refractivity contribution in [2.45, 2.75) is 0 Å². The van der Waals surface area contributed by atoms with Gasteiger partial charge in [-0.2, -0.15) is 0 Å².